The number of amidine groups is 1. The molecule has 1 fully saturated rings. The molecule has 0 spiro atoms. The zero-order chi connectivity index (χ0) is 18.6. The molecule has 0 saturated heterocycles. The molecule has 3 N–H and O–H groups in total. The van der Waals surface area contributed by atoms with Gasteiger partial charge in [0.15, 0.2) is 10.8 Å². The molecule has 1 saturated carbocycles. The van der Waals surface area contributed by atoms with Gasteiger partial charge in [0.1, 0.15) is 5.02 Å². The predicted molar refractivity (Wildman–Crippen MR) is 83.8 cm³/mol. The minimum atomic E-state index is -1.65. The Morgan fingerprint density at radius 1 is 1.36 bits per heavy atom. The summed E-state index contributed by atoms with van der Waals surface area (Å²) in [4.78, 5) is 13.3. The van der Waals surface area contributed by atoms with Crippen molar-refractivity contribution in [3.8, 4) is 12.1 Å². The van der Waals surface area contributed by atoms with E-state index >= 15 is 0 Å². The second-order valence-corrected chi connectivity index (χ2v) is 6.21. The van der Waals surface area contributed by atoms with Crippen molar-refractivity contribution in [3.63, 3.8) is 0 Å². The smallest absolute Gasteiger partial charge is 0.317 e. The lowest BCUT2D eigenvalue weighted by atomic mass is 9.93. The van der Waals surface area contributed by atoms with Crippen LogP contribution in [0, 0.1) is 43.6 Å². The highest BCUT2D eigenvalue weighted by Crippen LogP contribution is 2.78. The van der Waals surface area contributed by atoms with Crippen LogP contribution in [0.25, 0.3) is 0 Å². The maximum absolute atomic E-state index is 11.2. The normalized spacial score (nSPS) is 31.4. The lowest BCUT2D eigenvalue weighted by Crippen LogP contribution is -2.90. The summed E-state index contributed by atoms with van der Waals surface area (Å²) in [5.41, 5.74) is 3.12. The van der Waals surface area contributed by atoms with Crippen LogP contribution in [0.15, 0.2) is 18.2 Å². The average Bonchev–Trinajstić information content (AvgIpc) is 3.18. The summed E-state index contributed by atoms with van der Waals surface area (Å²) in [7, 11) is 2.63. The van der Waals surface area contributed by atoms with Gasteiger partial charge in [-0.1, -0.05) is 17.7 Å². The summed E-state index contributed by atoms with van der Waals surface area (Å²) >= 11 is 5.85. The van der Waals surface area contributed by atoms with Gasteiger partial charge in [0.05, 0.1) is 17.1 Å². The molecule has 25 heavy (non-hydrogen) atoms. The summed E-state index contributed by atoms with van der Waals surface area (Å²) < 4.78 is 10.8. The topological polar surface area (TPSA) is 149 Å². The van der Waals surface area contributed by atoms with Crippen LogP contribution in [0.1, 0.15) is 11.5 Å². The minimum absolute atomic E-state index is 0.0165. The lowest BCUT2D eigenvalue weighted by Gasteiger charge is -2.26. The van der Waals surface area contributed by atoms with E-state index in [1.54, 1.807) is 0 Å². The number of nitrogens with one attached hydrogen (secondary N) is 1. The van der Waals surface area contributed by atoms with Gasteiger partial charge in [-0.2, -0.15) is 10.5 Å². The molecular weight excluding hydrogens is 350 g/mol. The fourth-order valence-electron chi connectivity index (χ4n) is 3.96. The highest BCUT2D eigenvalue weighted by molar-refractivity contribution is 6.32. The van der Waals surface area contributed by atoms with Gasteiger partial charge in [-0.15, -0.1) is 0 Å². The molecule has 9 nitrogen and oxygen atoms in total. The van der Waals surface area contributed by atoms with Crippen LogP contribution in [-0.4, -0.2) is 30.9 Å². The molecule has 0 bridgehead atoms. The molecule has 0 unspecified atom stereocenters. The van der Waals surface area contributed by atoms with Gasteiger partial charge in [0.25, 0.3) is 11.5 Å². The Hall–Kier alpha value is -2.72. The molecule has 10 heteroatoms. The number of nitro groups is 1. The highest BCUT2D eigenvalue weighted by Gasteiger charge is 2.97. The molecule has 0 amide bonds. The van der Waals surface area contributed by atoms with Crippen LogP contribution in [0.2, 0.25) is 5.02 Å². The van der Waals surface area contributed by atoms with Gasteiger partial charge in [0, 0.05) is 26.2 Å². The fourth-order valence-corrected chi connectivity index (χ4v) is 4.15. The second-order valence-electron chi connectivity index (χ2n) is 5.80. The van der Waals surface area contributed by atoms with Crippen molar-refractivity contribution in [3.05, 3.63) is 38.9 Å². The van der Waals surface area contributed by atoms with Crippen LogP contribution >= 0.6 is 11.6 Å². The number of rotatable bonds is 4. The van der Waals surface area contributed by atoms with Crippen molar-refractivity contribution in [1.82, 2.24) is 0 Å². The molecule has 1 aliphatic carbocycles. The number of fused-ring (bicyclic) bond motifs is 1. The van der Waals surface area contributed by atoms with E-state index in [0.29, 0.717) is 5.56 Å². The quantitative estimate of drug-likeness (QED) is 0.426. The van der Waals surface area contributed by atoms with Crippen LogP contribution < -0.4 is 10.7 Å². The van der Waals surface area contributed by atoms with E-state index in [1.165, 1.54) is 32.4 Å². The number of nitrogens with zero attached hydrogens (tertiary/aromatic N) is 3. The van der Waals surface area contributed by atoms with E-state index in [-0.39, 0.29) is 16.5 Å². The van der Waals surface area contributed by atoms with Gasteiger partial charge < -0.3 is 9.47 Å². The first-order valence-corrected chi connectivity index (χ1v) is 7.47. The summed E-state index contributed by atoms with van der Waals surface area (Å²) in [5, 5.41) is 30.8. The van der Waals surface area contributed by atoms with E-state index in [9.17, 15) is 20.6 Å². The van der Waals surface area contributed by atoms with Crippen molar-refractivity contribution in [1.29, 1.82) is 10.5 Å². The molecule has 128 valence electrons. The van der Waals surface area contributed by atoms with Gasteiger partial charge >= 0.3 is 5.91 Å². The molecule has 3 atom stereocenters. The Morgan fingerprint density at radius 2 is 2.00 bits per heavy atom. The van der Waals surface area contributed by atoms with Gasteiger partial charge in [-0.3, -0.25) is 15.8 Å². The Morgan fingerprint density at radius 3 is 2.48 bits per heavy atom. The number of hydrogen-bond donors (Lipinski definition) is 2. The molecule has 0 radical (unpaired) electrons. The Balaban J connectivity index is 2.25. The highest BCUT2D eigenvalue weighted by atomic mass is 35.5. The van der Waals surface area contributed by atoms with Crippen molar-refractivity contribution in [2.24, 2.45) is 16.6 Å². The molecule has 0 aromatic heterocycles. The number of benzene rings is 1. The second kappa shape index (κ2) is 5.14. The monoisotopic (exact) mass is 362 g/mol. The largest absolute Gasteiger partial charge is 0.342 e. The molecular formula is C15H13ClN5O4+. The van der Waals surface area contributed by atoms with Gasteiger partial charge in [-0.05, 0) is 11.6 Å². The maximum atomic E-state index is 11.2. The third kappa shape index (κ3) is 1.65. The third-order valence-electron chi connectivity index (χ3n) is 5.08. The zero-order valence-electron chi connectivity index (χ0n) is 13.2. The van der Waals surface area contributed by atoms with Crippen LogP contribution in [0.4, 0.5) is 5.69 Å². The number of nitro benzene ring substituents is 1. The number of ether oxygens (including phenoxy) is 2. The van der Waals surface area contributed by atoms with Crippen LogP contribution in [0.3, 0.4) is 0 Å². The maximum Gasteiger partial charge on any atom is 0.342 e. The Bertz CT molecular complexity index is 900. The Kier molecular flexibility index (Phi) is 3.52. The van der Waals surface area contributed by atoms with Crippen molar-refractivity contribution in [2.75, 3.05) is 14.2 Å². The molecule has 1 aliphatic heterocycles. The first-order chi connectivity index (χ1) is 11.8. The van der Waals surface area contributed by atoms with E-state index in [2.05, 4.69) is 17.1 Å². The van der Waals surface area contributed by atoms with Gasteiger partial charge in [-0.25, -0.2) is 4.99 Å². The Labute approximate surface area is 147 Å². The number of methoxy groups -OCH3 is 2. The summed E-state index contributed by atoms with van der Waals surface area (Å²) in [6.07, 6.45) is 0. The summed E-state index contributed by atoms with van der Waals surface area (Å²) in [5.74, 6) is -2.42. The van der Waals surface area contributed by atoms with E-state index in [4.69, 9.17) is 26.8 Å². The fraction of sp³-hybridized carbons (Fsp3) is 0.400. The number of halogens is 1. The molecule has 1 heterocycles. The van der Waals surface area contributed by atoms with Crippen LogP contribution in [-0.2, 0) is 9.47 Å². The van der Waals surface area contributed by atoms with E-state index in [0.717, 1.165) is 0 Å². The van der Waals surface area contributed by atoms with E-state index < -0.39 is 27.6 Å². The minimum Gasteiger partial charge on any atom is -0.317 e. The van der Waals surface area contributed by atoms with Crippen molar-refractivity contribution >= 4 is 23.1 Å². The molecule has 3 rings (SSSR count). The molecule has 1 aromatic carbocycles. The number of nitrogens with two attached hydrogens (primary N) is 1. The van der Waals surface area contributed by atoms with Crippen LogP contribution in [0.5, 0.6) is 0 Å². The summed E-state index contributed by atoms with van der Waals surface area (Å²) in [6, 6.07) is 8.31. The average molecular weight is 363 g/mol. The SMILES string of the molecule is COC1(OC)[NH+]=C(N)[C@@]2(C#N)[C@@H](c3ccc(Cl)c([N+](=O)[O-])c3)[C@@]12C#N. The lowest BCUT2D eigenvalue weighted by molar-refractivity contribution is -0.687. The molecule has 1 aromatic rings. The van der Waals surface area contributed by atoms with Gasteiger partial charge in [0.2, 0.25) is 0 Å². The number of hydrogen-bond acceptors (Lipinski definition) is 7. The standard InChI is InChI=1S/C15H12ClN5O4/c1-24-15(25-2)14(7-18)11(13(14,6-17)12(19)20-15)8-3-4-9(16)10(5-8)21(22)23/h3-5,11H,1-2H3,(H2,19,20)/p+1/t11-,13-,14-/m1/s1. The summed E-state index contributed by atoms with van der Waals surface area (Å²) in [6.45, 7) is 0. The van der Waals surface area contributed by atoms with E-state index in [1.807, 2.05) is 0 Å². The van der Waals surface area contributed by atoms with Crippen molar-refractivity contribution in [2.45, 2.75) is 11.8 Å². The predicted octanol–water partition coefficient (Wildman–Crippen LogP) is -0.237. The molecule has 2 aliphatic rings. The first kappa shape index (κ1) is 17.1. The number of nitriles is 2. The first-order valence-electron chi connectivity index (χ1n) is 7.09. The third-order valence-corrected chi connectivity index (χ3v) is 5.40. The zero-order valence-corrected chi connectivity index (χ0v) is 14.0. The van der Waals surface area contributed by atoms with Crippen molar-refractivity contribution < 1.29 is 19.4 Å².